The zero-order valence-corrected chi connectivity index (χ0v) is 17.9. The number of nitrogens with one attached hydrogen (secondary N) is 1. The Bertz CT molecular complexity index is 1170. The number of halogens is 2. The predicted molar refractivity (Wildman–Crippen MR) is 116 cm³/mol. The van der Waals surface area contributed by atoms with Crippen LogP contribution in [-0.4, -0.2) is 45.4 Å². The van der Waals surface area contributed by atoms with E-state index < -0.39 is 15.8 Å². The SMILES string of the molecule is O=C(c1sccc1S(=O)(=O)Nc1ccc(F)cc1)N1CCN(c2ccc(F)cc2)CC1. The molecule has 1 aromatic heterocycles. The van der Waals surface area contributed by atoms with Gasteiger partial charge in [-0.15, -0.1) is 11.3 Å². The fourth-order valence-corrected chi connectivity index (χ4v) is 5.81. The van der Waals surface area contributed by atoms with Gasteiger partial charge in [0, 0.05) is 37.6 Å². The summed E-state index contributed by atoms with van der Waals surface area (Å²) in [4.78, 5) is 16.7. The highest BCUT2D eigenvalue weighted by atomic mass is 32.2. The number of sulfonamides is 1. The van der Waals surface area contributed by atoms with Gasteiger partial charge in [-0.05, 0) is 60.0 Å². The largest absolute Gasteiger partial charge is 0.368 e. The molecular weight excluding hydrogens is 444 g/mol. The molecule has 0 spiro atoms. The van der Waals surface area contributed by atoms with E-state index in [1.807, 2.05) is 4.90 Å². The molecule has 0 bridgehead atoms. The molecule has 1 saturated heterocycles. The van der Waals surface area contributed by atoms with Crippen LogP contribution in [0.1, 0.15) is 9.67 Å². The Labute approximate surface area is 182 Å². The summed E-state index contributed by atoms with van der Waals surface area (Å²) in [5, 5.41) is 1.56. The van der Waals surface area contributed by atoms with Crippen molar-refractivity contribution in [3.63, 3.8) is 0 Å². The molecule has 162 valence electrons. The number of nitrogens with zero attached hydrogens (tertiary/aromatic N) is 2. The van der Waals surface area contributed by atoms with Gasteiger partial charge in [0.25, 0.3) is 15.9 Å². The van der Waals surface area contributed by atoms with Crippen molar-refractivity contribution >= 4 is 38.6 Å². The normalized spacial score (nSPS) is 14.5. The number of amides is 1. The fourth-order valence-electron chi connectivity index (χ4n) is 3.36. The van der Waals surface area contributed by atoms with Crippen LogP contribution in [0, 0.1) is 11.6 Å². The maximum Gasteiger partial charge on any atom is 0.265 e. The number of anilines is 2. The van der Waals surface area contributed by atoms with Crippen molar-refractivity contribution in [3.8, 4) is 0 Å². The van der Waals surface area contributed by atoms with Gasteiger partial charge in [0.05, 0.1) is 0 Å². The van der Waals surface area contributed by atoms with Gasteiger partial charge in [-0.2, -0.15) is 0 Å². The molecule has 0 radical (unpaired) electrons. The highest BCUT2D eigenvalue weighted by Crippen LogP contribution is 2.27. The van der Waals surface area contributed by atoms with E-state index in [1.54, 1.807) is 22.4 Å². The zero-order chi connectivity index (χ0) is 22.0. The first kappa shape index (κ1) is 21.3. The lowest BCUT2D eigenvalue weighted by Gasteiger charge is -2.36. The Hall–Kier alpha value is -2.98. The minimum Gasteiger partial charge on any atom is -0.368 e. The van der Waals surface area contributed by atoms with Gasteiger partial charge < -0.3 is 9.80 Å². The summed E-state index contributed by atoms with van der Waals surface area (Å²) in [5.74, 6) is -1.14. The van der Waals surface area contributed by atoms with Gasteiger partial charge in [-0.25, -0.2) is 17.2 Å². The molecule has 0 saturated carbocycles. The Kier molecular flexibility index (Phi) is 5.92. The number of benzene rings is 2. The third-order valence-electron chi connectivity index (χ3n) is 4.97. The Morgan fingerprint density at radius 3 is 2.06 bits per heavy atom. The molecule has 0 unspecified atom stereocenters. The second kappa shape index (κ2) is 8.64. The van der Waals surface area contributed by atoms with Crippen molar-refractivity contribution in [1.82, 2.24) is 4.90 Å². The number of carbonyl (C=O) groups is 1. The first-order valence-electron chi connectivity index (χ1n) is 9.49. The summed E-state index contributed by atoms with van der Waals surface area (Å²) >= 11 is 1.06. The summed E-state index contributed by atoms with van der Waals surface area (Å²) in [5.41, 5.74) is 1.08. The van der Waals surface area contributed by atoms with Crippen LogP contribution >= 0.6 is 11.3 Å². The summed E-state index contributed by atoms with van der Waals surface area (Å²) in [6.45, 7) is 1.94. The maximum absolute atomic E-state index is 13.1. The number of thiophene rings is 1. The molecule has 1 aliphatic heterocycles. The molecule has 2 heterocycles. The van der Waals surface area contributed by atoms with Gasteiger partial charge in [0.1, 0.15) is 21.4 Å². The van der Waals surface area contributed by atoms with Crippen LogP contribution in [0.25, 0.3) is 0 Å². The molecule has 1 amide bonds. The fraction of sp³-hybridized carbons (Fsp3) is 0.190. The molecular formula is C21H19F2N3O3S2. The highest BCUT2D eigenvalue weighted by Gasteiger charge is 2.29. The van der Waals surface area contributed by atoms with Crippen LogP contribution in [0.4, 0.5) is 20.2 Å². The highest BCUT2D eigenvalue weighted by molar-refractivity contribution is 7.93. The van der Waals surface area contributed by atoms with Gasteiger partial charge in [0.2, 0.25) is 0 Å². The number of hydrogen-bond donors (Lipinski definition) is 1. The van der Waals surface area contributed by atoms with Crippen molar-refractivity contribution < 1.29 is 22.0 Å². The third kappa shape index (κ3) is 4.70. The second-order valence-electron chi connectivity index (χ2n) is 6.98. The molecule has 2 aromatic carbocycles. The van der Waals surface area contributed by atoms with E-state index in [0.29, 0.717) is 26.2 Å². The van der Waals surface area contributed by atoms with E-state index >= 15 is 0 Å². The molecule has 10 heteroatoms. The lowest BCUT2D eigenvalue weighted by molar-refractivity contribution is 0.0748. The van der Waals surface area contributed by atoms with Crippen LogP contribution in [0.5, 0.6) is 0 Å². The number of carbonyl (C=O) groups excluding carboxylic acids is 1. The topological polar surface area (TPSA) is 69.7 Å². The van der Waals surface area contributed by atoms with Crippen molar-refractivity contribution in [1.29, 1.82) is 0 Å². The van der Waals surface area contributed by atoms with Crippen molar-refractivity contribution in [2.24, 2.45) is 0 Å². The summed E-state index contributed by atoms with van der Waals surface area (Å²) in [6.07, 6.45) is 0. The minimum atomic E-state index is -4.01. The molecule has 31 heavy (non-hydrogen) atoms. The summed E-state index contributed by atoms with van der Waals surface area (Å²) < 4.78 is 54.2. The second-order valence-corrected chi connectivity index (χ2v) is 9.55. The average Bonchev–Trinajstić information content (AvgIpc) is 3.27. The summed E-state index contributed by atoms with van der Waals surface area (Å²) in [7, 11) is -4.01. The van der Waals surface area contributed by atoms with E-state index in [-0.39, 0.29) is 27.2 Å². The Morgan fingerprint density at radius 1 is 0.871 bits per heavy atom. The quantitative estimate of drug-likeness (QED) is 0.625. The molecule has 3 aromatic rings. The molecule has 0 aliphatic carbocycles. The molecule has 4 rings (SSSR count). The van der Waals surface area contributed by atoms with Crippen LogP contribution in [0.2, 0.25) is 0 Å². The van der Waals surface area contributed by atoms with Crippen LogP contribution in [-0.2, 0) is 10.0 Å². The Morgan fingerprint density at radius 2 is 1.45 bits per heavy atom. The first-order chi connectivity index (χ1) is 14.8. The van der Waals surface area contributed by atoms with Crippen molar-refractivity contribution in [2.45, 2.75) is 4.90 Å². The number of rotatable bonds is 5. The van der Waals surface area contributed by atoms with Crippen LogP contribution in [0.3, 0.4) is 0 Å². The minimum absolute atomic E-state index is 0.104. The number of hydrogen-bond acceptors (Lipinski definition) is 5. The van der Waals surface area contributed by atoms with Gasteiger partial charge in [0.15, 0.2) is 0 Å². The van der Waals surface area contributed by atoms with E-state index in [4.69, 9.17) is 0 Å². The van der Waals surface area contributed by atoms with Crippen LogP contribution < -0.4 is 9.62 Å². The molecule has 6 nitrogen and oxygen atoms in total. The molecule has 1 fully saturated rings. The smallest absolute Gasteiger partial charge is 0.265 e. The average molecular weight is 464 g/mol. The van der Waals surface area contributed by atoms with Gasteiger partial charge in [-0.1, -0.05) is 0 Å². The van der Waals surface area contributed by atoms with Gasteiger partial charge in [-0.3, -0.25) is 9.52 Å². The van der Waals surface area contributed by atoms with Crippen LogP contribution in [0.15, 0.2) is 64.9 Å². The van der Waals surface area contributed by atoms with Crippen molar-refractivity contribution in [2.75, 3.05) is 35.8 Å². The maximum atomic E-state index is 13.1. The van der Waals surface area contributed by atoms with Crippen molar-refractivity contribution in [3.05, 3.63) is 76.5 Å². The van der Waals surface area contributed by atoms with E-state index in [1.165, 1.54) is 30.3 Å². The monoisotopic (exact) mass is 463 g/mol. The molecule has 0 atom stereocenters. The lowest BCUT2D eigenvalue weighted by atomic mass is 10.2. The number of piperazine rings is 1. The summed E-state index contributed by atoms with van der Waals surface area (Å²) in [6, 6.07) is 12.5. The predicted octanol–water partition coefficient (Wildman–Crippen LogP) is 3.79. The van der Waals surface area contributed by atoms with E-state index in [0.717, 1.165) is 29.2 Å². The van der Waals surface area contributed by atoms with Gasteiger partial charge >= 0.3 is 0 Å². The van der Waals surface area contributed by atoms with E-state index in [9.17, 15) is 22.0 Å². The zero-order valence-electron chi connectivity index (χ0n) is 16.3. The molecule has 1 aliphatic rings. The molecule has 1 N–H and O–H groups in total. The lowest BCUT2D eigenvalue weighted by Crippen LogP contribution is -2.48. The Balaban J connectivity index is 1.46. The first-order valence-corrected chi connectivity index (χ1v) is 11.9. The third-order valence-corrected chi connectivity index (χ3v) is 7.42. The van der Waals surface area contributed by atoms with E-state index in [2.05, 4.69) is 4.72 Å². The standard InChI is InChI=1S/C21H19F2N3O3S2/c22-15-1-5-17(6-2-15)24-31(28,29)19-9-14-30-20(19)21(27)26-12-10-25(11-13-26)18-7-3-16(23)4-8-18/h1-9,14,24H,10-13H2.